The smallest absolute Gasteiger partial charge is 0.232 e. The van der Waals surface area contributed by atoms with E-state index in [9.17, 15) is 4.79 Å². The molecule has 0 heterocycles. The van der Waals surface area contributed by atoms with Gasteiger partial charge in [0, 0.05) is 5.54 Å². The van der Waals surface area contributed by atoms with Crippen LogP contribution in [0.15, 0.2) is 0 Å². The summed E-state index contributed by atoms with van der Waals surface area (Å²) in [6, 6.07) is 0. The molecule has 94 valence electrons. The van der Waals surface area contributed by atoms with Crippen molar-refractivity contribution in [2.45, 2.75) is 59.4 Å². The lowest BCUT2D eigenvalue weighted by Gasteiger charge is -2.35. The van der Waals surface area contributed by atoms with Gasteiger partial charge in [-0.3, -0.25) is 4.79 Å². The topological polar surface area (TPSA) is 55.1 Å². The van der Waals surface area contributed by atoms with Gasteiger partial charge in [-0.1, -0.05) is 33.0 Å². The zero-order chi connectivity index (χ0) is 13.0. The first-order valence-electron chi connectivity index (χ1n) is 5.88. The van der Waals surface area contributed by atoms with Gasteiger partial charge in [0.1, 0.15) is 0 Å². The fourth-order valence-electron chi connectivity index (χ4n) is 1.52. The molecule has 16 heavy (non-hydrogen) atoms. The lowest BCUT2D eigenvalue weighted by molar-refractivity contribution is -0.128. The fourth-order valence-corrected chi connectivity index (χ4v) is 1.62. The lowest BCUT2D eigenvalue weighted by Crippen LogP contribution is -2.54. The van der Waals surface area contributed by atoms with Gasteiger partial charge in [-0.05, 0) is 33.1 Å². The van der Waals surface area contributed by atoms with Crippen molar-refractivity contribution in [1.29, 1.82) is 0 Å². The highest BCUT2D eigenvalue weighted by Gasteiger charge is 2.35. The van der Waals surface area contributed by atoms with E-state index in [4.69, 9.17) is 18.0 Å². The molecule has 0 aromatic rings. The van der Waals surface area contributed by atoms with E-state index in [1.165, 1.54) is 0 Å². The minimum atomic E-state index is -0.778. The Morgan fingerprint density at radius 1 is 1.19 bits per heavy atom. The maximum absolute atomic E-state index is 12.1. The van der Waals surface area contributed by atoms with Crippen molar-refractivity contribution in [1.82, 2.24) is 5.32 Å². The molecule has 3 nitrogen and oxygen atoms in total. The molecule has 0 rings (SSSR count). The molecule has 0 saturated carbocycles. The third-order valence-corrected chi connectivity index (χ3v) is 4.10. The Morgan fingerprint density at radius 3 is 1.81 bits per heavy atom. The second-order valence-electron chi connectivity index (χ2n) is 4.78. The van der Waals surface area contributed by atoms with Crippen molar-refractivity contribution in [3.8, 4) is 0 Å². The van der Waals surface area contributed by atoms with Crippen LogP contribution in [-0.2, 0) is 4.79 Å². The summed E-state index contributed by atoms with van der Waals surface area (Å²) in [5.74, 6) is -0.0782. The van der Waals surface area contributed by atoms with Crippen LogP contribution in [0.4, 0.5) is 0 Å². The molecule has 0 aliphatic carbocycles. The lowest BCUT2D eigenvalue weighted by atomic mass is 9.86. The molecule has 0 aliphatic heterocycles. The largest absolute Gasteiger partial charge is 0.392 e. The van der Waals surface area contributed by atoms with E-state index in [-0.39, 0.29) is 16.4 Å². The van der Waals surface area contributed by atoms with Crippen molar-refractivity contribution in [3.63, 3.8) is 0 Å². The van der Waals surface area contributed by atoms with Gasteiger partial charge in [0.25, 0.3) is 0 Å². The molecule has 0 unspecified atom stereocenters. The Labute approximate surface area is 104 Å². The van der Waals surface area contributed by atoms with Crippen LogP contribution in [0.1, 0.15) is 53.9 Å². The maximum atomic E-state index is 12.1. The molecule has 4 heteroatoms. The summed E-state index contributed by atoms with van der Waals surface area (Å²) in [6.07, 6.45) is 2.75. The molecule has 0 saturated heterocycles. The minimum Gasteiger partial charge on any atom is -0.392 e. The first kappa shape index (κ1) is 15.4. The molecule has 0 bridgehead atoms. The minimum absolute atomic E-state index is 0.0782. The Bertz CT molecular complexity index is 262. The highest BCUT2D eigenvalue weighted by molar-refractivity contribution is 7.80. The number of nitrogens with one attached hydrogen (secondary N) is 1. The van der Waals surface area contributed by atoms with Crippen LogP contribution in [0.25, 0.3) is 0 Å². The summed E-state index contributed by atoms with van der Waals surface area (Å²) < 4.78 is 0. The molecule has 0 aromatic heterocycles. The van der Waals surface area contributed by atoms with Crippen LogP contribution >= 0.6 is 12.2 Å². The standard InChI is InChI=1S/C12H24N2OS/c1-6-12(7-2,8-3)14-10(15)11(4,5)9(13)16/h6-8H2,1-5H3,(H2,13,16)(H,14,15). The maximum Gasteiger partial charge on any atom is 0.232 e. The summed E-state index contributed by atoms with van der Waals surface area (Å²) in [4.78, 5) is 12.4. The van der Waals surface area contributed by atoms with E-state index in [0.717, 1.165) is 19.3 Å². The van der Waals surface area contributed by atoms with Gasteiger partial charge in [-0.2, -0.15) is 0 Å². The number of rotatable bonds is 6. The van der Waals surface area contributed by atoms with E-state index < -0.39 is 5.41 Å². The summed E-state index contributed by atoms with van der Waals surface area (Å²) >= 11 is 4.92. The second-order valence-corrected chi connectivity index (χ2v) is 5.22. The first-order chi connectivity index (χ1) is 7.25. The van der Waals surface area contributed by atoms with Gasteiger partial charge < -0.3 is 11.1 Å². The predicted octanol–water partition coefficient (Wildman–Crippen LogP) is 2.38. The highest BCUT2D eigenvalue weighted by Crippen LogP contribution is 2.23. The van der Waals surface area contributed by atoms with Crippen molar-refractivity contribution < 1.29 is 4.79 Å². The van der Waals surface area contributed by atoms with Crippen molar-refractivity contribution in [3.05, 3.63) is 0 Å². The third-order valence-electron chi connectivity index (χ3n) is 3.59. The molecule has 0 aromatic carbocycles. The average Bonchev–Trinajstić information content (AvgIpc) is 2.25. The number of carbonyl (C=O) groups is 1. The Balaban J connectivity index is 4.84. The number of thiocarbonyl (C=S) groups is 1. The van der Waals surface area contributed by atoms with Crippen LogP contribution in [0.3, 0.4) is 0 Å². The van der Waals surface area contributed by atoms with E-state index in [1.807, 2.05) is 0 Å². The fraction of sp³-hybridized carbons (Fsp3) is 0.833. The van der Waals surface area contributed by atoms with Gasteiger partial charge in [-0.25, -0.2) is 0 Å². The molecular formula is C12H24N2OS. The summed E-state index contributed by atoms with van der Waals surface area (Å²) in [6.45, 7) is 9.77. The van der Waals surface area contributed by atoms with Gasteiger partial charge in [-0.15, -0.1) is 0 Å². The van der Waals surface area contributed by atoms with Crippen molar-refractivity contribution in [2.75, 3.05) is 0 Å². The van der Waals surface area contributed by atoms with Crippen LogP contribution < -0.4 is 11.1 Å². The van der Waals surface area contributed by atoms with Gasteiger partial charge >= 0.3 is 0 Å². The molecule has 0 fully saturated rings. The van der Waals surface area contributed by atoms with E-state index in [0.29, 0.717) is 0 Å². The third kappa shape index (κ3) is 3.17. The predicted molar refractivity (Wildman–Crippen MR) is 72.3 cm³/mol. The average molecular weight is 244 g/mol. The summed E-state index contributed by atoms with van der Waals surface area (Å²) in [5.41, 5.74) is 4.68. The first-order valence-corrected chi connectivity index (χ1v) is 6.29. The number of amides is 1. The zero-order valence-electron chi connectivity index (χ0n) is 11.0. The Hall–Kier alpha value is -0.640. The Kier molecular flexibility index (Phi) is 5.39. The molecule has 0 atom stereocenters. The van der Waals surface area contributed by atoms with Crippen molar-refractivity contribution in [2.24, 2.45) is 11.1 Å². The number of carbonyl (C=O) groups excluding carboxylic acids is 1. The van der Waals surface area contributed by atoms with Gasteiger partial charge in [0.15, 0.2) is 0 Å². The zero-order valence-corrected chi connectivity index (χ0v) is 11.8. The molecule has 0 radical (unpaired) electrons. The second kappa shape index (κ2) is 5.62. The highest BCUT2D eigenvalue weighted by atomic mass is 32.1. The quantitative estimate of drug-likeness (QED) is 0.705. The van der Waals surface area contributed by atoms with Gasteiger partial charge in [0.05, 0.1) is 10.4 Å². The Morgan fingerprint density at radius 2 is 1.56 bits per heavy atom. The van der Waals surface area contributed by atoms with E-state index >= 15 is 0 Å². The molecular weight excluding hydrogens is 220 g/mol. The van der Waals surface area contributed by atoms with Crippen LogP contribution in [-0.4, -0.2) is 16.4 Å². The van der Waals surface area contributed by atoms with Crippen LogP contribution in [0.5, 0.6) is 0 Å². The molecule has 0 spiro atoms. The summed E-state index contributed by atoms with van der Waals surface area (Å²) in [7, 11) is 0. The number of hydrogen-bond donors (Lipinski definition) is 2. The van der Waals surface area contributed by atoms with Gasteiger partial charge in [0.2, 0.25) is 5.91 Å². The van der Waals surface area contributed by atoms with Crippen LogP contribution in [0, 0.1) is 5.41 Å². The number of nitrogens with two attached hydrogens (primary N) is 1. The number of hydrogen-bond acceptors (Lipinski definition) is 2. The van der Waals surface area contributed by atoms with Crippen LogP contribution in [0.2, 0.25) is 0 Å². The normalized spacial score (nSPS) is 12.3. The van der Waals surface area contributed by atoms with E-state index in [2.05, 4.69) is 26.1 Å². The molecule has 0 aliphatic rings. The van der Waals surface area contributed by atoms with Crippen molar-refractivity contribution >= 4 is 23.1 Å². The van der Waals surface area contributed by atoms with E-state index in [1.54, 1.807) is 13.8 Å². The SMILES string of the molecule is CCC(CC)(CC)NC(=O)C(C)(C)C(N)=S. The summed E-state index contributed by atoms with van der Waals surface area (Å²) in [5, 5.41) is 3.09. The molecule has 3 N–H and O–H groups in total. The monoisotopic (exact) mass is 244 g/mol. The molecule has 1 amide bonds.